The van der Waals surface area contributed by atoms with E-state index in [2.05, 4.69) is 10.3 Å². The molecular weight excluding hydrogens is 282 g/mol. The molecule has 2 aliphatic rings. The van der Waals surface area contributed by atoms with Gasteiger partial charge in [0.25, 0.3) is 0 Å². The van der Waals surface area contributed by atoms with Crippen molar-refractivity contribution in [3.8, 4) is 5.75 Å². The summed E-state index contributed by atoms with van der Waals surface area (Å²) >= 11 is 11.6. The molecule has 1 saturated carbocycles. The number of halogens is 3. The van der Waals surface area contributed by atoms with Crippen LogP contribution in [0.25, 0.3) is 0 Å². The molecule has 1 aromatic heterocycles. The molecule has 0 unspecified atom stereocenters. The van der Waals surface area contributed by atoms with E-state index in [4.69, 9.17) is 27.9 Å². The normalized spacial score (nSPS) is 29.4. The highest BCUT2D eigenvalue weighted by molar-refractivity contribution is 6.41. The van der Waals surface area contributed by atoms with E-state index in [9.17, 15) is 0 Å². The molecule has 0 bridgehead atoms. The number of aromatic nitrogens is 1. The van der Waals surface area contributed by atoms with Gasteiger partial charge in [-0.15, -0.1) is 12.4 Å². The molecule has 3 atom stereocenters. The van der Waals surface area contributed by atoms with Gasteiger partial charge in [0.05, 0.1) is 11.2 Å². The molecule has 2 fully saturated rings. The fourth-order valence-electron chi connectivity index (χ4n) is 2.24. The Morgan fingerprint density at radius 2 is 2.24 bits per heavy atom. The Morgan fingerprint density at radius 1 is 1.41 bits per heavy atom. The lowest BCUT2D eigenvalue weighted by atomic mass is 10.2. The number of hydrogen-bond acceptors (Lipinski definition) is 3. The van der Waals surface area contributed by atoms with Crippen LogP contribution in [0.5, 0.6) is 5.75 Å². The summed E-state index contributed by atoms with van der Waals surface area (Å²) in [5.41, 5.74) is 0. The summed E-state index contributed by atoms with van der Waals surface area (Å²) < 4.78 is 5.63. The van der Waals surface area contributed by atoms with Crippen LogP contribution in [-0.2, 0) is 0 Å². The van der Waals surface area contributed by atoms with Gasteiger partial charge in [-0.25, -0.2) is 4.98 Å². The minimum Gasteiger partial charge on any atom is -0.490 e. The summed E-state index contributed by atoms with van der Waals surface area (Å²) in [7, 11) is 0. The second-order valence-corrected chi connectivity index (χ2v) is 5.22. The third kappa shape index (κ3) is 2.97. The summed E-state index contributed by atoms with van der Waals surface area (Å²) in [6.07, 6.45) is 4.16. The smallest absolute Gasteiger partial charge is 0.147 e. The van der Waals surface area contributed by atoms with Gasteiger partial charge >= 0.3 is 0 Å². The second-order valence-electron chi connectivity index (χ2n) is 4.46. The summed E-state index contributed by atoms with van der Waals surface area (Å²) in [5.74, 6) is 1.57. The predicted molar refractivity (Wildman–Crippen MR) is 70.4 cm³/mol. The molecule has 1 aromatic rings. The van der Waals surface area contributed by atoms with Gasteiger partial charge in [0.15, 0.2) is 0 Å². The molecule has 2 heterocycles. The lowest BCUT2D eigenvalue weighted by Gasteiger charge is -2.14. The largest absolute Gasteiger partial charge is 0.490 e. The van der Waals surface area contributed by atoms with Crippen molar-refractivity contribution in [2.45, 2.75) is 24.9 Å². The number of piperidine rings is 1. The zero-order valence-corrected chi connectivity index (χ0v) is 11.4. The summed E-state index contributed by atoms with van der Waals surface area (Å²) in [5, 5.41) is 4.27. The molecule has 1 saturated heterocycles. The summed E-state index contributed by atoms with van der Waals surface area (Å²) in [6.45, 7) is 0.673. The van der Waals surface area contributed by atoms with Crippen LogP contribution in [0.15, 0.2) is 12.3 Å². The first-order valence-electron chi connectivity index (χ1n) is 5.42. The van der Waals surface area contributed by atoms with E-state index in [-0.39, 0.29) is 12.4 Å². The molecule has 1 aliphatic carbocycles. The molecular formula is C11H13Cl3N2O. The third-order valence-corrected chi connectivity index (χ3v) is 3.87. The molecule has 1 N–H and O–H groups in total. The highest BCUT2D eigenvalue weighted by Crippen LogP contribution is 2.40. The van der Waals surface area contributed by atoms with E-state index in [1.165, 1.54) is 12.8 Å². The van der Waals surface area contributed by atoms with Crippen LogP contribution in [-0.4, -0.2) is 23.7 Å². The molecule has 0 spiro atoms. The number of rotatable bonds is 3. The second kappa shape index (κ2) is 5.19. The Balaban J connectivity index is 0.00000108. The van der Waals surface area contributed by atoms with E-state index in [0.717, 1.165) is 12.0 Å². The van der Waals surface area contributed by atoms with E-state index in [1.807, 2.05) is 0 Å². The van der Waals surface area contributed by atoms with Gasteiger partial charge in [-0.3, -0.25) is 0 Å². The summed E-state index contributed by atoms with van der Waals surface area (Å²) in [6, 6.07) is 2.92. The molecule has 3 rings (SSSR count). The predicted octanol–water partition coefficient (Wildman–Crippen LogP) is 2.94. The Morgan fingerprint density at radius 3 is 2.88 bits per heavy atom. The monoisotopic (exact) mass is 294 g/mol. The Hall–Kier alpha value is -0.220. The van der Waals surface area contributed by atoms with Gasteiger partial charge in [-0.2, -0.15) is 0 Å². The quantitative estimate of drug-likeness (QED) is 0.871. The minimum atomic E-state index is 0. The van der Waals surface area contributed by atoms with E-state index in [1.54, 1.807) is 12.3 Å². The van der Waals surface area contributed by atoms with Gasteiger partial charge in [-0.05, 0) is 18.8 Å². The lowest BCUT2D eigenvalue weighted by Crippen LogP contribution is -2.31. The molecule has 17 heavy (non-hydrogen) atoms. The number of pyridine rings is 1. The highest BCUT2D eigenvalue weighted by Gasteiger charge is 2.45. The fourth-order valence-corrected chi connectivity index (χ4v) is 2.50. The first kappa shape index (κ1) is 13.2. The van der Waals surface area contributed by atoms with E-state index < -0.39 is 0 Å². The molecule has 3 nitrogen and oxygen atoms in total. The fraction of sp³-hybridized carbons (Fsp3) is 0.545. The molecule has 0 radical (unpaired) electrons. The maximum atomic E-state index is 5.85. The summed E-state index contributed by atoms with van der Waals surface area (Å²) in [4.78, 5) is 3.94. The van der Waals surface area contributed by atoms with E-state index in [0.29, 0.717) is 28.6 Å². The Bertz CT molecular complexity index is 406. The topological polar surface area (TPSA) is 34.1 Å². The maximum absolute atomic E-state index is 5.85. The van der Waals surface area contributed by atoms with Crippen LogP contribution < -0.4 is 10.1 Å². The molecule has 94 valence electrons. The van der Waals surface area contributed by atoms with Crippen molar-refractivity contribution in [1.82, 2.24) is 10.3 Å². The number of nitrogens with one attached hydrogen (secondary N) is 1. The van der Waals surface area contributed by atoms with Gasteiger partial charge in [0.1, 0.15) is 17.5 Å². The van der Waals surface area contributed by atoms with Gasteiger partial charge in [-0.1, -0.05) is 23.2 Å². The van der Waals surface area contributed by atoms with Gasteiger partial charge in [0, 0.05) is 18.2 Å². The zero-order chi connectivity index (χ0) is 11.1. The molecule has 6 heteroatoms. The number of fused-ring (bicyclic) bond motifs is 1. The van der Waals surface area contributed by atoms with Crippen molar-refractivity contribution in [1.29, 1.82) is 0 Å². The highest BCUT2D eigenvalue weighted by atomic mass is 35.5. The van der Waals surface area contributed by atoms with Crippen LogP contribution >= 0.6 is 35.6 Å². The van der Waals surface area contributed by atoms with Crippen molar-refractivity contribution >= 4 is 35.6 Å². The number of nitrogens with zero attached hydrogens (tertiary/aromatic N) is 1. The van der Waals surface area contributed by atoms with Crippen molar-refractivity contribution < 1.29 is 4.74 Å². The van der Waals surface area contributed by atoms with Gasteiger partial charge in [0.2, 0.25) is 0 Å². The van der Waals surface area contributed by atoms with E-state index >= 15 is 0 Å². The van der Waals surface area contributed by atoms with Crippen molar-refractivity contribution in [3.63, 3.8) is 0 Å². The first-order chi connectivity index (χ1) is 7.72. The zero-order valence-electron chi connectivity index (χ0n) is 9.03. The van der Waals surface area contributed by atoms with Crippen LogP contribution in [0.2, 0.25) is 10.2 Å². The van der Waals surface area contributed by atoms with Crippen LogP contribution in [0.1, 0.15) is 12.8 Å². The standard InChI is InChI=1S/C11H12Cl2N2O.ClH/c12-9-3-8(4-14-11(9)13)16-5-7-1-6-2-10(6)15-7;/h3-4,6-7,10,15H,1-2,5H2;1H/t6-,7-,10+;/m0./s1. The minimum absolute atomic E-state index is 0. The first-order valence-corrected chi connectivity index (χ1v) is 6.18. The van der Waals surface area contributed by atoms with Crippen LogP contribution in [0.4, 0.5) is 0 Å². The van der Waals surface area contributed by atoms with Gasteiger partial charge < -0.3 is 10.1 Å². The van der Waals surface area contributed by atoms with Crippen molar-refractivity contribution in [2.24, 2.45) is 5.92 Å². The Labute approximate surface area is 116 Å². The lowest BCUT2D eigenvalue weighted by molar-refractivity contribution is 0.267. The maximum Gasteiger partial charge on any atom is 0.147 e. The van der Waals surface area contributed by atoms with Crippen molar-refractivity contribution in [2.75, 3.05) is 6.61 Å². The molecule has 0 aromatic carbocycles. The van der Waals surface area contributed by atoms with Crippen molar-refractivity contribution in [3.05, 3.63) is 22.4 Å². The SMILES string of the molecule is Cl.Clc1cc(OC[C@@H]2C[C@H]3C[C@H]3N2)cnc1Cl. The third-order valence-electron chi connectivity index (χ3n) is 3.18. The average molecular weight is 296 g/mol. The molecule has 1 aliphatic heterocycles. The number of ether oxygens (including phenoxy) is 1. The average Bonchev–Trinajstić information content (AvgIpc) is 2.88. The Kier molecular flexibility index (Phi) is 4.03. The van der Waals surface area contributed by atoms with Crippen LogP contribution in [0, 0.1) is 5.92 Å². The number of hydrogen-bond donors (Lipinski definition) is 1. The van der Waals surface area contributed by atoms with Crippen LogP contribution in [0.3, 0.4) is 0 Å². The molecule has 0 amide bonds.